The predicted molar refractivity (Wildman–Crippen MR) is 71.0 cm³/mol. The highest BCUT2D eigenvalue weighted by Gasteiger charge is 2.27. The lowest BCUT2D eigenvalue weighted by atomic mass is 10.2. The van der Waals surface area contributed by atoms with Crippen molar-refractivity contribution in [2.75, 3.05) is 20.2 Å². The Hall–Kier alpha value is -1.72. The molecule has 1 amide bonds. The molecule has 5 heteroatoms. The van der Waals surface area contributed by atoms with Crippen LogP contribution in [0.2, 0.25) is 0 Å². The summed E-state index contributed by atoms with van der Waals surface area (Å²) in [6.07, 6.45) is 2.98. The van der Waals surface area contributed by atoms with E-state index in [1.165, 1.54) is 18.2 Å². The van der Waals surface area contributed by atoms with Crippen LogP contribution in [0.4, 0.5) is 4.39 Å². The fourth-order valence-electron chi connectivity index (χ4n) is 2.06. The summed E-state index contributed by atoms with van der Waals surface area (Å²) in [5, 5.41) is 6.00. The van der Waals surface area contributed by atoms with Gasteiger partial charge in [-0.05, 0) is 23.8 Å². The van der Waals surface area contributed by atoms with Crippen molar-refractivity contribution in [1.82, 2.24) is 10.6 Å². The molecule has 19 heavy (non-hydrogen) atoms. The molecule has 1 saturated heterocycles. The second kappa shape index (κ2) is 6.45. The summed E-state index contributed by atoms with van der Waals surface area (Å²) >= 11 is 0. The number of methoxy groups -OCH3 is 1. The molecule has 0 unspecified atom stereocenters. The number of nitrogens with one attached hydrogen (secondary N) is 2. The van der Waals surface area contributed by atoms with Crippen LogP contribution >= 0.6 is 0 Å². The Morgan fingerprint density at radius 2 is 2.37 bits per heavy atom. The van der Waals surface area contributed by atoms with Crippen LogP contribution in [0.5, 0.6) is 0 Å². The zero-order chi connectivity index (χ0) is 13.7. The third kappa shape index (κ3) is 3.87. The summed E-state index contributed by atoms with van der Waals surface area (Å²) in [7, 11) is 1.62. The van der Waals surface area contributed by atoms with Gasteiger partial charge in [-0.15, -0.1) is 0 Å². The molecule has 0 saturated carbocycles. The highest BCUT2D eigenvalue weighted by Crippen LogP contribution is 2.06. The van der Waals surface area contributed by atoms with Gasteiger partial charge in [0.15, 0.2) is 0 Å². The third-order valence-corrected chi connectivity index (χ3v) is 3.06. The summed E-state index contributed by atoms with van der Waals surface area (Å²) in [6, 6.07) is 6.05. The molecule has 0 spiro atoms. The number of carbonyl (C=O) groups excluding carboxylic acids is 1. The lowest BCUT2D eigenvalue weighted by molar-refractivity contribution is -0.117. The van der Waals surface area contributed by atoms with Gasteiger partial charge in [-0.1, -0.05) is 12.1 Å². The number of amides is 1. The van der Waals surface area contributed by atoms with E-state index in [2.05, 4.69) is 10.6 Å². The number of rotatable bonds is 4. The van der Waals surface area contributed by atoms with Crippen molar-refractivity contribution in [3.05, 3.63) is 41.7 Å². The number of benzene rings is 1. The van der Waals surface area contributed by atoms with E-state index < -0.39 is 0 Å². The Bertz CT molecular complexity index is 476. The van der Waals surface area contributed by atoms with Gasteiger partial charge >= 0.3 is 0 Å². The Morgan fingerprint density at radius 1 is 1.53 bits per heavy atom. The van der Waals surface area contributed by atoms with Crippen LogP contribution in [-0.4, -0.2) is 38.3 Å². The van der Waals surface area contributed by atoms with Crippen molar-refractivity contribution in [1.29, 1.82) is 0 Å². The van der Waals surface area contributed by atoms with Gasteiger partial charge in [0.1, 0.15) is 5.82 Å². The molecule has 0 aromatic heterocycles. The molecular weight excluding hydrogens is 247 g/mol. The van der Waals surface area contributed by atoms with Crippen molar-refractivity contribution in [3.8, 4) is 0 Å². The normalized spacial score (nSPS) is 22.8. The zero-order valence-corrected chi connectivity index (χ0v) is 10.7. The molecule has 1 heterocycles. The van der Waals surface area contributed by atoms with Crippen molar-refractivity contribution in [2.45, 2.75) is 12.1 Å². The van der Waals surface area contributed by atoms with Crippen LogP contribution in [0.25, 0.3) is 6.08 Å². The molecule has 2 N–H and O–H groups in total. The van der Waals surface area contributed by atoms with Gasteiger partial charge in [-0.2, -0.15) is 0 Å². The van der Waals surface area contributed by atoms with Gasteiger partial charge in [0.25, 0.3) is 0 Å². The van der Waals surface area contributed by atoms with E-state index in [0.29, 0.717) is 12.1 Å². The first-order valence-electron chi connectivity index (χ1n) is 6.16. The van der Waals surface area contributed by atoms with E-state index in [-0.39, 0.29) is 23.9 Å². The summed E-state index contributed by atoms with van der Waals surface area (Å²) in [6.45, 7) is 1.42. The number of carbonyl (C=O) groups is 1. The van der Waals surface area contributed by atoms with Crippen molar-refractivity contribution < 1.29 is 13.9 Å². The number of hydrogen-bond acceptors (Lipinski definition) is 3. The maximum Gasteiger partial charge on any atom is 0.244 e. The largest absolute Gasteiger partial charge is 0.378 e. The standard InChI is InChI=1S/C14H17FN2O2/c1-19-13-9-16-8-12(13)17-14(18)6-5-10-3-2-4-11(15)7-10/h2-7,12-13,16H,8-9H2,1H3,(H,17,18)/b6-5+/t12-,13+/m1/s1. The first-order valence-corrected chi connectivity index (χ1v) is 6.16. The van der Waals surface area contributed by atoms with Gasteiger partial charge in [0.2, 0.25) is 5.91 Å². The van der Waals surface area contributed by atoms with Gasteiger partial charge in [0, 0.05) is 26.3 Å². The van der Waals surface area contributed by atoms with Gasteiger partial charge in [-0.3, -0.25) is 4.79 Å². The Kier molecular flexibility index (Phi) is 4.65. The average Bonchev–Trinajstić information content (AvgIpc) is 2.84. The highest BCUT2D eigenvalue weighted by molar-refractivity contribution is 5.92. The molecule has 1 aliphatic rings. The molecule has 2 rings (SSSR count). The van der Waals surface area contributed by atoms with Crippen LogP contribution in [0, 0.1) is 5.82 Å². The first kappa shape index (κ1) is 13.7. The molecule has 1 aromatic rings. The fourth-order valence-corrected chi connectivity index (χ4v) is 2.06. The van der Waals surface area contributed by atoms with E-state index >= 15 is 0 Å². The van der Waals surface area contributed by atoms with Crippen molar-refractivity contribution in [2.24, 2.45) is 0 Å². The number of ether oxygens (including phenoxy) is 1. The Morgan fingerprint density at radius 3 is 3.11 bits per heavy atom. The molecule has 4 nitrogen and oxygen atoms in total. The maximum absolute atomic E-state index is 13.0. The van der Waals surface area contributed by atoms with Crippen LogP contribution in [-0.2, 0) is 9.53 Å². The second-order valence-electron chi connectivity index (χ2n) is 4.44. The summed E-state index contributed by atoms with van der Waals surface area (Å²) < 4.78 is 18.2. The molecule has 1 aliphatic heterocycles. The van der Waals surface area contributed by atoms with Crippen LogP contribution in [0.15, 0.2) is 30.3 Å². The average molecular weight is 264 g/mol. The molecule has 1 fully saturated rings. The summed E-state index contributed by atoms with van der Waals surface area (Å²) in [5.74, 6) is -0.526. The van der Waals surface area contributed by atoms with Gasteiger partial charge in [0.05, 0.1) is 12.1 Å². The molecule has 102 valence electrons. The lowest BCUT2D eigenvalue weighted by Gasteiger charge is -2.17. The molecule has 0 aliphatic carbocycles. The van der Waals surface area contributed by atoms with E-state index in [1.54, 1.807) is 25.3 Å². The van der Waals surface area contributed by atoms with Gasteiger partial charge < -0.3 is 15.4 Å². The fraction of sp³-hybridized carbons (Fsp3) is 0.357. The van der Waals surface area contributed by atoms with E-state index in [0.717, 1.165) is 6.54 Å². The number of hydrogen-bond donors (Lipinski definition) is 2. The van der Waals surface area contributed by atoms with Crippen LogP contribution in [0.3, 0.4) is 0 Å². The van der Waals surface area contributed by atoms with Gasteiger partial charge in [-0.25, -0.2) is 4.39 Å². The predicted octanol–water partition coefficient (Wildman–Crippen LogP) is 0.942. The van der Waals surface area contributed by atoms with E-state index in [1.807, 2.05) is 0 Å². The topological polar surface area (TPSA) is 50.4 Å². The minimum atomic E-state index is -0.318. The summed E-state index contributed by atoms with van der Waals surface area (Å²) in [4.78, 5) is 11.7. The van der Waals surface area contributed by atoms with Crippen LogP contribution < -0.4 is 10.6 Å². The highest BCUT2D eigenvalue weighted by atomic mass is 19.1. The second-order valence-corrected chi connectivity index (χ2v) is 4.44. The van der Waals surface area contributed by atoms with E-state index in [9.17, 15) is 9.18 Å². The minimum Gasteiger partial charge on any atom is -0.378 e. The quantitative estimate of drug-likeness (QED) is 0.796. The summed E-state index contributed by atoms with van der Waals surface area (Å²) in [5.41, 5.74) is 0.656. The third-order valence-electron chi connectivity index (χ3n) is 3.06. The minimum absolute atomic E-state index is 0.00785. The number of halogens is 1. The molecule has 2 atom stereocenters. The Balaban J connectivity index is 1.90. The maximum atomic E-state index is 13.0. The molecule has 0 bridgehead atoms. The van der Waals surface area contributed by atoms with Crippen LogP contribution in [0.1, 0.15) is 5.56 Å². The zero-order valence-electron chi connectivity index (χ0n) is 10.7. The smallest absolute Gasteiger partial charge is 0.244 e. The first-order chi connectivity index (χ1) is 9.19. The van der Waals surface area contributed by atoms with Crippen molar-refractivity contribution >= 4 is 12.0 Å². The van der Waals surface area contributed by atoms with Crippen molar-refractivity contribution in [3.63, 3.8) is 0 Å². The lowest BCUT2D eigenvalue weighted by Crippen LogP contribution is -2.42. The molecular formula is C14H17FN2O2. The SMILES string of the molecule is CO[C@H]1CNC[C@H]1NC(=O)/C=C/c1cccc(F)c1. The molecule has 0 radical (unpaired) electrons. The monoisotopic (exact) mass is 264 g/mol. The Labute approximate surface area is 111 Å². The van der Waals surface area contributed by atoms with E-state index in [4.69, 9.17) is 4.74 Å². The molecule has 1 aromatic carbocycles.